The van der Waals surface area contributed by atoms with E-state index < -0.39 is 0 Å². The third-order valence-corrected chi connectivity index (χ3v) is 4.01. The average molecular weight is 267 g/mol. The van der Waals surface area contributed by atoms with Crippen LogP contribution in [0.3, 0.4) is 0 Å². The quantitative estimate of drug-likeness (QED) is 0.837. The summed E-state index contributed by atoms with van der Waals surface area (Å²) in [6, 6.07) is 8.54. The summed E-state index contributed by atoms with van der Waals surface area (Å²) in [5.74, 6) is 0. The molecule has 0 amide bonds. The molecule has 0 radical (unpaired) electrons. The van der Waals surface area contributed by atoms with Gasteiger partial charge in [0.15, 0.2) is 0 Å². The molecule has 0 unspecified atom stereocenters. The number of hydrogen-bond acceptors (Lipinski definition) is 4. The zero-order valence-corrected chi connectivity index (χ0v) is 11.9. The van der Waals surface area contributed by atoms with Crippen LogP contribution in [0.2, 0.25) is 0 Å². The van der Waals surface area contributed by atoms with Gasteiger partial charge in [0.05, 0.1) is 5.60 Å². The molecule has 4 heteroatoms. The van der Waals surface area contributed by atoms with Gasteiger partial charge in [0, 0.05) is 9.75 Å². The molecule has 0 bridgehead atoms. The average Bonchev–Trinajstić information content (AvgIpc) is 2.86. The van der Waals surface area contributed by atoms with E-state index in [2.05, 4.69) is 40.5 Å². The Bertz CT molecular complexity index is 394. The van der Waals surface area contributed by atoms with Crippen LogP contribution in [0.25, 0.3) is 0 Å². The molecule has 0 aliphatic rings. The molecule has 2 nitrogen and oxygen atoms in total. The molecule has 17 heavy (non-hydrogen) atoms. The summed E-state index contributed by atoms with van der Waals surface area (Å²) in [7, 11) is 0. The Kier molecular flexibility index (Phi) is 3.99. The highest BCUT2D eigenvalue weighted by Crippen LogP contribution is 2.29. The Labute approximate surface area is 110 Å². The van der Waals surface area contributed by atoms with Crippen LogP contribution >= 0.6 is 22.7 Å². The van der Waals surface area contributed by atoms with E-state index in [-0.39, 0.29) is 11.6 Å². The maximum absolute atomic E-state index is 5.70. The zero-order valence-electron chi connectivity index (χ0n) is 10.3. The Morgan fingerprint density at radius 1 is 1.06 bits per heavy atom. The SMILES string of the molecule is CC(C)(C)ONC(c1cccs1)c1cccs1. The van der Waals surface area contributed by atoms with Crippen LogP contribution in [0.15, 0.2) is 35.0 Å². The normalized spacial score (nSPS) is 12.2. The van der Waals surface area contributed by atoms with Crippen molar-refractivity contribution in [2.45, 2.75) is 32.4 Å². The van der Waals surface area contributed by atoms with Crippen LogP contribution in [0.5, 0.6) is 0 Å². The van der Waals surface area contributed by atoms with Crippen LogP contribution in [-0.2, 0) is 4.84 Å². The molecule has 0 fully saturated rings. The maximum Gasteiger partial charge on any atom is 0.101 e. The van der Waals surface area contributed by atoms with Crippen molar-refractivity contribution < 1.29 is 4.84 Å². The number of nitrogens with one attached hydrogen (secondary N) is 1. The number of rotatable bonds is 4. The van der Waals surface area contributed by atoms with E-state index in [1.807, 2.05) is 20.8 Å². The van der Waals surface area contributed by atoms with Crippen molar-refractivity contribution in [1.82, 2.24) is 5.48 Å². The van der Waals surface area contributed by atoms with Crippen molar-refractivity contribution in [3.05, 3.63) is 44.8 Å². The lowest BCUT2D eigenvalue weighted by Gasteiger charge is -2.24. The second kappa shape index (κ2) is 5.31. The van der Waals surface area contributed by atoms with Crippen molar-refractivity contribution in [2.75, 3.05) is 0 Å². The van der Waals surface area contributed by atoms with Gasteiger partial charge in [-0.3, -0.25) is 4.84 Å². The first-order chi connectivity index (χ1) is 8.06. The Morgan fingerprint density at radius 2 is 1.59 bits per heavy atom. The van der Waals surface area contributed by atoms with Crippen LogP contribution < -0.4 is 5.48 Å². The third kappa shape index (κ3) is 3.64. The van der Waals surface area contributed by atoms with Gasteiger partial charge in [-0.25, -0.2) is 0 Å². The van der Waals surface area contributed by atoms with Gasteiger partial charge in [-0.05, 0) is 43.7 Å². The predicted molar refractivity (Wildman–Crippen MR) is 74.5 cm³/mol. The lowest BCUT2D eigenvalue weighted by atomic mass is 10.2. The molecule has 2 aromatic rings. The highest BCUT2D eigenvalue weighted by molar-refractivity contribution is 7.11. The summed E-state index contributed by atoms with van der Waals surface area (Å²) in [5.41, 5.74) is 3.00. The molecule has 0 spiro atoms. The minimum absolute atomic E-state index is 0.134. The molecule has 2 heterocycles. The standard InChI is InChI=1S/C13H17NOS2/c1-13(2,3)15-14-12(10-6-4-8-16-10)11-7-5-9-17-11/h4-9,12,14H,1-3H3. The van der Waals surface area contributed by atoms with E-state index in [1.165, 1.54) is 9.75 Å². The molecule has 0 saturated carbocycles. The summed E-state index contributed by atoms with van der Waals surface area (Å²) in [6.07, 6.45) is 0. The zero-order chi connectivity index (χ0) is 12.3. The molecule has 0 aliphatic carbocycles. The first kappa shape index (κ1) is 12.8. The summed E-state index contributed by atoms with van der Waals surface area (Å²) in [4.78, 5) is 8.25. The number of hydroxylamine groups is 1. The van der Waals surface area contributed by atoms with Crippen molar-refractivity contribution in [3.63, 3.8) is 0 Å². The van der Waals surface area contributed by atoms with Gasteiger partial charge < -0.3 is 0 Å². The molecule has 2 aromatic heterocycles. The molecule has 92 valence electrons. The molecule has 0 aromatic carbocycles. The first-order valence-electron chi connectivity index (χ1n) is 5.56. The van der Waals surface area contributed by atoms with Gasteiger partial charge in [-0.15, -0.1) is 22.7 Å². The Morgan fingerprint density at radius 3 is 1.94 bits per heavy atom. The predicted octanol–water partition coefficient (Wildman–Crippen LogP) is 4.22. The lowest BCUT2D eigenvalue weighted by molar-refractivity contribution is -0.0828. The monoisotopic (exact) mass is 267 g/mol. The van der Waals surface area contributed by atoms with E-state index in [4.69, 9.17) is 4.84 Å². The smallest absolute Gasteiger partial charge is 0.101 e. The Hall–Kier alpha value is -0.680. The van der Waals surface area contributed by atoms with Gasteiger partial charge in [0.25, 0.3) is 0 Å². The van der Waals surface area contributed by atoms with Crippen molar-refractivity contribution >= 4 is 22.7 Å². The van der Waals surface area contributed by atoms with Gasteiger partial charge in [-0.2, -0.15) is 5.48 Å². The van der Waals surface area contributed by atoms with Gasteiger partial charge in [0.2, 0.25) is 0 Å². The number of hydrogen-bond donors (Lipinski definition) is 1. The topological polar surface area (TPSA) is 21.3 Å². The van der Waals surface area contributed by atoms with Crippen molar-refractivity contribution in [1.29, 1.82) is 0 Å². The van der Waals surface area contributed by atoms with E-state index in [1.54, 1.807) is 22.7 Å². The summed E-state index contributed by atoms with van der Waals surface area (Å²) in [6.45, 7) is 6.12. The molecule has 0 aliphatic heterocycles. The van der Waals surface area contributed by atoms with Crippen LogP contribution in [0.4, 0.5) is 0 Å². The van der Waals surface area contributed by atoms with E-state index >= 15 is 0 Å². The van der Waals surface area contributed by atoms with Crippen molar-refractivity contribution in [3.8, 4) is 0 Å². The second-order valence-corrected chi connectivity index (χ2v) is 6.75. The number of thiophene rings is 2. The minimum atomic E-state index is -0.188. The highest BCUT2D eigenvalue weighted by atomic mass is 32.1. The second-order valence-electron chi connectivity index (χ2n) is 4.80. The minimum Gasteiger partial charge on any atom is -0.295 e. The van der Waals surface area contributed by atoms with Crippen molar-refractivity contribution in [2.24, 2.45) is 0 Å². The van der Waals surface area contributed by atoms with Gasteiger partial charge >= 0.3 is 0 Å². The summed E-state index contributed by atoms with van der Waals surface area (Å²) < 4.78 is 0. The fourth-order valence-electron chi connectivity index (χ4n) is 1.40. The molecule has 0 atom stereocenters. The van der Waals surface area contributed by atoms with E-state index in [0.29, 0.717) is 0 Å². The fraction of sp³-hybridized carbons (Fsp3) is 0.385. The van der Waals surface area contributed by atoms with Crippen LogP contribution in [-0.4, -0.2) is 5.60 Å². The van der Waals surface area contributed by atoms with E-state index in [0.717, 1.165) is 0 Å². The molecule has 0 saturated heterocycles. The van der Waals surface area contributed by atoms with Gasteiger partial charge in [-0.1, -0.05) is 12.1 Å². The maximum atomic E-state index is 5.70. The fourth-order valence-corrected chi connectivity index (χ4v) is 3.04. The lowest BCUT2D eigenvalue weighted by Crippen LogP contribution is -2.32. The van der Waals surface area contributed by atoms with Gasteiger partial charge in [0.1, 0.15) is 6.04 Å². The summed E-state index contributed by atoms with van der Waals surface area (Å²) in [5, 5.41) is 4.18. The molecular formula is C13H17NOS2. The highest BCUT2D eigenvalue weighted by Gasteiger charge is 2.19. The van der Waals surface area contributed by atoms with E-state index in [9.17, 15) is 0 Å². The third-order valence-electron chi connectivity index (χ3n) is 2.14. The molecule has 2 rings (SSSR count). The van der Waals surface area contributed by atoms with Crippen LogP contribution in [0, 0.1) is 0 Å². The first-order valence-corrected chi connectivity index (χ1v) is 7.32. The summed E-state index contributed by atoms with van der Waals surface area (Å²) >= 11 is 3.49. The molecular weight excluding hydrogens is 250 g/mol. The molecule has 1 N–H and O–H groups in total. The van der Waals surface area contributed by atoms with Crippen LogP contribution in [0.1, 0.15) is 36.6 Å². The largest absolute Gasteiger partial charge is 0.295 e. The Balaban J connectivity index is 2.15.